The number of likely N-dealkylation sites (tertiary alicyclic amines) is 1. The zero-order valence-corrected chi connectivity index (χ0v) is 9.54. The van der Waals surface area contributed by atoms with Crippen molar-refractivity contribution in [1.29, 1.82) is 0 Å². The van der Waals surface area contributed by atoms with Crippen LogP contribution in [0.1, 0.15) is 17.5 Å². The normalized spacial score (nSPS) is 21.5. The fourth-order valence-electron chi connectivity index (χ4n) is 2.07. The predicted molar refractivity (Wildman–Crippen MR) is 57.3 cm³/mol. The van der Waals surface area contributed by atoms with Crippen molar-refractivity contribution in [3.63, 3.8) is 0 Å². The molecule has 0 spiro atoms. The van der Waals surface area contributed by atoms with Crippen LogP contribution in [0.15, 0.2) is 18.2 Å². The van der Waals surface area contributed by atoms with Crippen LogP contribution in [0, 0.1) is 5.82 Å². The van der Waals surface area contributed by atoms with E-state index in [4.69, 9.17) is 0 Å². The Hall–Kier alpha value is -1.14. The fourth-order valence-corrected chi connectivity index (χ4v) is 2.07. The van der Waals surface area contributed by atoms with Crippen LogP contribution < -0.4 is 0 Å². The lowest BCUT2D eigenvalue weighted by Gasteiger charge is -2.16. The van der Waals surface area contributed by atoms with E-state index >= 15 is 0 Å². The Labute approximate surface area is 102 Å². The summed E-state index contributed by atoms with van der Waals surface area (Å²) in [5, 5.41) is 9.32. The molecule has 0 unspecified atom stereocenters. The standard InChI is InChI=1S/C12H13F4NO/c13-11-2-1-9(12(14,15)16)5-8(11)6-17-4-3-10(18)7-17/h1-2,5,10,18H,3-4,6-7H2/t10-/m0/s1. The lowest BCUT2D eigenvalue weighted by atomic mass is 10.1. The van der Waals surface area contributed by atoms with Crippen molar-refractivity contribution >= 4 is 0 Å². The van der Waals surface area contributed by atoms with Gasteiger partial charge in [0, 0.05) is 25.2 Å². The van der Waals surface area contributed by atoms with Crippen molar-refractivity contribution < 1.29 is 22.7 Å². The van der Waals surface area contributed by atoms with Gasteiger partial charge in [-0.15, -0.1) is 0 Å². The Bertz CT molecular complexity index is 433. The molecule has 0 amide bonds. The smallest absolute Gasteiger partial charge is 0.392 e. The van der Waals surface area contributed by atoms with E-state index in [1.807, 2.05) is 0 Å². The summed E-state index contributed by atoms with van der Waals surface area (Å²) in [6.45, 7) is 1.03. The van der Waals surface area contributed by atoms with Crippen molar-refractivity contribution in [2.75, 3.05) is 13.1 Å². The summed E-state index contributed by atoms with van der Waals surface area (Å²) in [6, 6.07) is 2.41. The van der Waals surface area contributed by atoms with Crippen LogP contribution >= 0.6 is 0 Å². The Morgan fingerprint density at radius 3 is 2.61 bits per heavy atom. The van der Waals surface area contributed by atoms with Crippen molar-refractivity contribution in [2.45, 2.75) is 25.2 Å². The first-order valence-corrected chi connectivity index (χ1v) is 5.62. The van der Waals surface area contributed by atoms with Crippen LogP contribution in [0.25, 0.3) is 0 Å². The van der Waals surface area contributed by atoms with E-state index in [9.17, 15) is 22.7 Å². The van der Waals surface area contributed by atoms with Gasteiger partial charge in [0.15, 0.2) is 0 Å². The summed E-state index contributed by atoms with van der Waals surface area (Å²) >= 11 is 0. The van der Waals surface area contributed by atoms with E-state index < -0.39 is 23.7 Å². The molecule has 1 aromatic rings. The van der Waals surface area contributed by atoms with E-state index in [1.165, 1.54) is 0 Å². The Balaban J connectivity index is 2.16. The van der Waals surface area contributed by atoms with Gasteiger partial charge in [-0.3, -0.25) is 4.90 Å². The minimum Gasteiger partial charge on any atom is -0.392 e. The van der Waals surface area contributed by atoms with Crippen molar-refractivity contribution in [1.82, 2.24) is 4.90 Å². The van der Waals surface area contributed by atoms with Gasteiger partial charge in [0.25, 0.3) is 0 Å². The molecule has 0 bridgehead atoms. The molecule has 1 saturated heterocycles. The summed E-state index contributed by atoms with van der Waals surface area (Å²) in [5.41, 5.74) is -0.836. The monoisotopic (exact) mass is 263 g/mol. The number of benzene rings is 1. The average molecular weight is 263 g/mol. The van der Waals surface area contributed by atoms with E-state index in [1.54, 1.807) is 4.90 Å². The molecule has 0 radical (unpaired) electrons. The van der Waals surface area contributed by atoms with Crippen molar-refractivity contribution in [3.8, 4) is 0 Å². The van der Waals surface area contributed by atoms with Gasteiger partial charge in [0.2, 0.25) is 0 Å². The van der Waals surface area contributed by atoms with Gasteiger partial charge in [0.05, 0.1) is 11.7 Å². The summed E-state index contributed by atoms with van der Waals surface area (Å²) in [6.07, 6.45) is -4.37. The third-order valence-electron chi connectivity index (χ3n) is 3.01. The third-order valence-corrected chi connectivity index (χ3v) is 3.01. The largest absolute Gasteiger partial charge is 0.416 e. The molecule has 6 heteroatoms. The van der Waals surface area contributed by atoms with E-state index in [-0.39, 0.29) is 12.1 Å². The molecule has 1 aliphatic heterocycles. The van der Waals surface area contributed by atoms with Gasteiger partial charge in [-0.1, -0.05) is 0 Å². The number of aliphatic hydroxyl groups excluding tert-OH is 1. The van der Waals surface area contributed by atoms with Crippen LogP contribution in [0.5, 0.6) is 0 Å². The van der Waals surface area contributed by atoms with Gasteiger partial charge in [-0.25, -0.2) is 4.39 Å². The number of hydrogen-bond donors (Lipinski definition) is 1. The Morgan fingerprint density at radius 1 is 1.33 bits per heavy atom. The van der Waals surface area contributed by atoms with Crippen LogP contribution in [0.2, 0.25) is 0 Å². The highest BCUT2D eigenvalue weighted by molar-refractivity contribution is 5.27. The average Bonchev–Trinajstić information content (AvgIpc) is 2.66. The maximum Gasteiger partial charge on any atom is 0.416 e. The molecule has 1 heterocycles. The second-order valence-electron chi connectivity index (χ2n) is 4.48. The molecule has 18 heavy (non-hydrogen) atoms. The van der Waals surface area contributed by atoms with Crippen LogP contribution in [-0.4, -0.2) is 29.2 Å². The maximum absolute atomic E-state index is 13.5. The molecule has 1 N–H and O–H groups in total. The van der Waals surface area contributed by atoms with Gasteiger partial charge in [0.1, 0.15) is 5.82 Å². The first-order chi connectivity index (χ1) is 8.36. The molecule has 100 valence electrons. The maximum atomic E-state index is 13.5. The van der Waals surface area contributed by atoms with E-state index in [0.29, 0.717) is 19.5 Å². The quantitative estimate of drug-likeness (QED) is 0.828. The fraction of sp³-hybridized carbons (Fsp3) is 0.500. The SMILES string of the molecule is O[C@H]1CCN(Cc2cc(C(F)(F)F)ccc2F)C1. The summed E-state index contributed by atoms with van der Waals surface area (Å²) in [5.74, 6) is -0.649. The van der Waals surface area contributed by atoms with Gasteiger partial charge >= 0.3 is 6.18 Å². The van der Waals surface area contributed by atoms with Gasteiger partial charge < -0.3 is 5.11 Å². The van der Waals surface area contributed by atoms with Crippen LogP contribution in [0.3, 0.4) is 0 Å². The minimum absolute atomic E-state index is 0.0129. The topological polar surface area (TPSA) is 23.5 Å². The first-order valence-electron chi connectivity index (χ1n) is 5.62. The van der Waals surface area contributed by atoms with Crippen molar-refractivity contribution in [2.24, 2.45) is 0 Å². The number of aliphatic hydroxyl groups is 1. The van der Waals surface area contributed by atoms with E-state index in [2.05, 4.69) is 0 Å². The molecule has 1 atom stereocenters. The highest BCUT2D eigenvalue weighted by Gasteiger charge is 2.31. The molecular formula is C12H13F4NO. The summed E-state index contributed by atoms with van der Waals surface area (Å²) in [4.78, 5) is 1.74. The zero-order chi connectivity index (χ0) is 13.3. The second-order valence-corrected chi connectivity index (χ2v) is 4.48. The molecule has 0 aliphatic carbocycles. The molecule has 1 aliphatic rings. The highest BCUT2D eigenvalue weighted by atomic mass is 19.4. The molecule has 0 saturated carbocycles. The second kappa shape index (κ2) is 4.85. The highest BCUT2D eigenvalue weighted by Crippen LogP contribution is 2.30. The summed E-state index contributed by atoms with van der Waals surface area (Å²) < 4.78 is 50.9. The molecule has 2 nitrogen and oxygen atoms in total. The number of hydrogen-bond acceptors (Lipinski definition) is 2. The lowest BCUT2D eigenvalue weighted by molar-refractivity contribution is -0.137. The van der Waals surface area contributed by atoms with Crippen molar-refractivity contribution in [3.05, 3.63) is 35.1 Å². The minimum atomic E-state index is -4.47. The molecule has 2 rings (SSSR count). The number of halogens is 4. The third kappa shape index (κ3) is 3.00. The molecule has 1 fully saturated rings. The number of nitrogens with zero attached hydrogens (tertiary/aromatic N) is 1. The molecule has 0 aromatic heterocycles. The Kier molecular flexibility index (Phi) is 3.59. The molecular weight excluding hydrogens is 250 g/mol. The molecule has 1 aromatic carbocycles. The van der Waals surface area contributed by atoms with Crippen LogP contribution in [0.4, 0.5) is 17.6 Å². The number of β-amino-alcohol motifs (C(OH)–C–C–N with tert-alkyl or cyclic N) is 1. The van der Waals surface area contributed by atoms with Crippen LogP contribution in [-0.2, 0) is 12.7 Å². The predicted octanol–water partition coefficient (Wildman–Crippen LogP) is 2.41. The Morgan fingerprint density at radius 2 is 2.06 bits per heavy atom. The number of alkyl halides is 3. The first kappa shape index (κ1) is 13.3. The summed E-state index contributed by atoms with van der Waals surface area (Å²) in [7, 11) is 0. The van der Waals surface area contributed by atoms with Gasteiger partial charge in [-0.2, -0.15) is 13.2 Å². The van der Waals surface area contributed by atoms with Gasteiger partial charge in [-0.05, 0) is 24.6 Å². The lowest BCUT2D eigenvalue weighted by Crippen LogP contribution is -2.22. The number of rotatable bonds is 2. The van der Waals surface area contributed by atoms with E-state index in [0.717, 1.165) is 18.2 Å². The zero-order valence-electron chi connectivity index (χ0n) is 9.54.